The summed E-state index contributed by atoms with van der Waals surface area (Å²) in [6.07, 6.45) is 2.44. The van der Waals surface area contributed by atoms with Gasteiger partial charge in [0.25, 0.3) is 0 Å². The van der Waals surface area contributed by atoms with Crippen LogP contribution in [0.5, 0.6) is 0 Å². The van der Waals surface area contributed by atoms with E-state index in [9.17, 15) is 5.26 Å². The van der Waals surface area contributed by atoms with Crippen molar-refractivity contribution in [2.24, 2.45) is 5.92 Å². The van der Waals surface area contributed by atoms with E-state index in [1.807, 2.05) is 6.07 Å². The van der Waals surface area contributed by atoms with Crippen LogP contribution in [0.3, 0.4) is 0 Å². The van der Waals surface area contributed by atoms with Crippen LogP contribution >= 0.6 is 0 Å². The molecule has 2 N–H and O–H groups in total. The number of benzene rings is 1. The summed E-state index contributed by atoms with van der Waals surface area (Å²) < 4.78 is 2.07. The van der Waals surface area contributed by atoms with Gasteiger partial charge >= 0.3 is 0 Å². The lowest BCUT2D eigenvalue weighted by molar-refractivity contribution is 0.441. The van der Waals surface area contributed by atoms with E-state index < -0.39 is 0 Å². The molecule has 0 saturated carbocycles. The van der Waals surface area contributed by atoms with Gasteiger partial charge in [-0.1, -0.05) is 36.8 Å². The van der Waals surface area contributed by atoms with Gasteiger partial charge in [0.05, 0.1) is 12.2 Å². The van der Waals surface area contributed by atoms with E-state index in [2.05, 4.69) is 53.6 Å². The highest BCUT2D eigenvalue weighted by molar-refractivity contribution is 5.68. The summed E-state index contributed by atoms with van der Waals surface area (Å²) in [6.45, 7) is 7.06. The molecule has 1 unspecified atom stereocenters. The Balaban J connectivity index is 1.97. The summed E-state index contributed by atoms with van der Waals surface area (Å²) in [5.41, 5.74) is 10.0. The molecule has 1 fully saturated rings. The maximum atomic E-state index is 9.48. The van der Waals surface area contributed by atoms with E-state index >= 15 is 0 Å². The first-order valence-corrected chi connectivity index (χ1v) is 8.28. The summed E-state index contributed by atoms with van der Waals surface area (Å²) >= 11 is 0. The molecule has 1 saturated heterocycles. The van der Waals surface area contributed by atoms with Crippen molar-refractivity contribution >= 4 is 11.5 Å². The monoisotopic (exact) mass is 308 g/mol. The molecule has 120 valence electrons. The van der Waals surface area contributed by atoms with Crippen LogP contribution in [0.4, 0.5) is 11.5 Å². The maximum absolute atomic E-state index is 9.48. The average Bonchev–Trinajstić information content (AvgIpc) is 2.85. The Morgan fingerprint density at radius 2 is 2.04 bits per heavy atom. The molecule has 0 amide bonds. The molecule has 1 aromatic carbocycles. The van der Waals surface area contributed by atoms with E-state index in [1.165, 1.54) is 24.0 Å². The van der Waals surface area contributed by atoms with Crippen LogP contribution in [0.25, 0.3) is 0 Å². The van der Waals surface area contributed by atoms with Crippen molar-refractivity contribution in [1.29, 1.82) is 5.26 Å². The quantitative estimate of drug-likeness (QED) is 0.943. The van der Waals surface area contributed by atoms with Crippen molar-refractivity contribution < 1.29 is 0 Å². The average molecular weight is 308 g/mol. The number of hydrogen-bond donors (Lipinski definition) is 1. The third kappa shape index (κ3) is 3.19. The van der Waals surface area contributed by atoms with E-state index in [4.69, 9.17) is 5.73 Å². The Morgan fingerprint density at radius 1 is 1.30 bits per heavy atom. The summed E-state index contributed by atoms with van der Waals surface area (Å²) in [6, 6.07) is 12.6. The minimum Gasteiger partial charge on any atom is -0.396 e. The van der Waals surface area contributed by atoms with Gasteiger partial charge in [-0.15, -0.1) is 0 Å². The molecule has 0 aliphatic carbocycles. The molecule has 1 aliphatic heterocycles. The van der Waals surface area contributed by atoms with Gasteiger partial charge in [0, 0.05) is 13.1 Å². The second kappa shape index (κ2) is 6.37. The van der Waals surface area contributed by atoms with E-state index in [0.717, 1.165) is 18.9 Å². The summed E-state index contributed by atoms with van der Waals surface area (Å²) in [7, 11) is 0. The number of nitrogen functional groups attached to an aromatic ring is 1. The van der Waals surface area contributed by atoms with Gasteiger partial charge in [-0.25, -0.2) is 0 Å². The number of piperidine rings is 1. The molecular weight excluding hydrogens is 284 g/mol. The van der Waals surface area contributed by atoms with E-state index in [0.29, 0.717) is 23.8 Å². The summed E-state index contributed by atoms with van der Waals surface area (Å²) in [5.74, 6) is 1.67. The number of aromatic nitrogens is 1. The molecule has 1 atom stereocenters. The van der Waals surface area contributed by atoms with Crippen molar-refractivity contribution in [2.75, 3.05) is 23.7 Å². The number of anilines is 2. The smallest absolute Gasteiger partial charge is 0.133 e. The largest absolute Gasteiger partial charge is 0.396 e. The van der Waals surface area contributed by atoms with Gasteiger partial charge in [0.15, 0.2) is 0 Å². The number of nitrogens with two attached hydrogens (primary N) is 1. The minimum absolute atomic E-state index is 0.635. The number of nitriles is 1. The minimum atomic E-state index is 0.635. The molecule has 0 bridgehead atoms. The number of hydrogen-bond acceptors (Lipinski definition) is 3. The molecule has 4 heteroatoms. The molecule has 0 spiro atoms. The van der Waals surface area contributed by atoms with Crippen LogP contribution in [-0.2, 0) is 6.54 Å². The highest BCUT2D eigenvalue weighted by Gasteiger charge is 2.23. The fourth-order valence-electron chi connectivity index (χ4n) is 3.42. The molecular formula is C19H24N4. The van der Waals surface area contributed by atoms with Crippen molar-refractivity contribution in [1.82, 2.24) is 4.57 Å². The first-order valence-electron chi connectivity index (χ1n) is 8.28. The fourth-order valence-corrected chi connectivity index (χ4v) is 3.42. The predicted octanol–water partition coefficient (Wildman–Crippen LogP) is 3.54. The maximum Gasteiger partial charge on any atom is 0.133 e. The van der Waals surface area contributed by atoms with Crippen molar-refractivity contribution in [3.8, 4) is 6.07 Å². The number of aryl methyl sites for hydroxylation is 1. The zero-order chi connectivity index (χ0) is 16.4. The van der Waals surface area contributed by atoms with Crippen LogP contribution < -0.4 is 10.6 Å². The molecule has 2 aromatic rings. The highest BCUT2D eigenvalue weighted by Crippen LogP contribution is 2.32. The second-order valence-corrected chi connectivity index (χ2v) is 6.69. The van der Waals surface area contributed by atoms with Crippen LogP contribution in [0, 0.1) is 24.2 Å². The normalized spacial score (nSPS) is 18.0. The first-order chi connectivity index (χ1) is 11.1. The lowest BCUT2D eigenvalue weighted by Gasteiger charge is -2.34. The molecule has 3 rings (SSSR count). The lowest BCUT2D eigenvalue weighted by Crippen LogP contribution is -2.36. The topological polar surface area (TPSA) is 58.0 Å². The molecule has 2 heterocycles. The zero-order valence-electron chi connectivity index (χ0n) is 13.9. The summed E-state index contributed by atoms with van der Waals surface area (Å²) in [5, 5.41) is 9.48. The van der Waals surface area contributed by atoms with Gasteiger partial charge in [-0.3, -0.25) is 0 Å². The number of rotatable bonds is 3. The highest BCUT2D eigenvalue weighted by atomic mass is 15.3. The van der Waals surface area contributed by atoms with Crippen LogP contribution in [0.1, 0.15) is 36.6 Å². The molecule has 1 aliphatic rings. The summed E-state index contributed by atoms with van der Waals surface area (Å²) in [4.78, 5) is 2.35. The third-order valence-electron chi connectivity index (χ3n) is 4.63. The van der Waals surface area contributed by atoms with Crippen molar-refractivity contribution in [3.05, 3.63) is 47.2 Å². The fraction of sp³-hybridized carbons (Fsp3) is 0.421. The van der Waals surface area contributed by atoms with Crippen LogP contribution in [-0.4, -0.2) is 17.7 Å². The van der Waals surface area contributed by atoms with Gasteiger partial charge in [0.1, 0.15) is 17.6 Å². The third-order valence-corrected chi connectivity index (χ3v) is 4.63. The van der Waals surface area contributed by atoms with Gasteiger partial charge in [-0.2, -0.15) is 5.26 Å². The van der Waals surface area contributed by atoms with Gasteiger partial charge in [-0.05, 0) is 37.3 Å². The van der Waals surface area contributed by atoms with E-state index in [1.54, 1.807) is 0 Å². The molecule has 0 radical (unpaired) electrons. The Labute approximate surface area is 138 Å². The van der Waals surface area contributed by atoms with Crippen LogP contribution in [0.15, 0.2) is 30.3 Å². The van der Waals surface area contributed by atoms with Gasteiger partial charge in [0.2, 0.25) is 0 Å². The number of nitrogens with zero attached hydrogens (tertiary/aromatic N) is 3. The Kier molecular flexibility index (Phi) is 4.29. The van der Waals surface area contributed by atoms with Crippen molar-refractivity contribution in [2.45, 2.75) is 33.2 Å². The van der Waals surface area contributed by atoms with E-state index in [-0.39, 0.29) is 0 Å². The van der Waals surface area contributed by atoms with Gasteiger partial charge < -0.3 is 15.2 Å². The lowest BCUT2D eigenvalue weighted by atomic mass is 10.0. The molecule has 23 heavy (non-hydrogen) atoms. The second-order valence-electron chi connectivity index (χ2n) is 6.69. The SMILES string of the molecule is Cc1ccc(Cn2c(C#N)cc(N)c2N2CCCC(C)C2)cc1. The first kappa shape index (κ1) is 15.5. The molecule has 1 aromatic heterocycles. The predicted molar refractivity (Wildman–Crippen MR) is 94.5 cm³/mol. The van der Waals surface area contributed by atoms with Crippen LogP contribution in [0.2, 0.25) is 0 Å². The van der Waals surface area contributed by atoms with Crippen molar-refractivity contribution in [3.63, 3.8) is 0 Å². The Morgan fingerprint density at radius 3 is 2.70 bits per heavy atom. The molecule has 4 nitrogen and oxygen atoms in total. The Bertz CT molecular complexity index is 721. The Hall–Kier alpha value is -2.41. The zero-order valence-corrected chi connectivity index (χ0v) is 13.9. The standard InChI is InChI=1S/C19H24N4/c1-14-5-7-16(8-6-14)13-23-17(11-20)10-18(21)19(23)22-9-3-4-15(2)12-22/h5-8,10,15H,3-4,9,12-13,21H2,1-2H3.